The van der Waals surface area contributed by atoms with Crippen molar-refractivity contribution in [2.24, 2.45) is 16.8 Å². The molecule has 0 aliphatic heterocycles. The van der Waals surface area contributed by atoms with E-state index in [1.54, 1.807) is 24.3 Å². The maximum absolute atomic E-state index is 12.0. The number of benzene rings is 1. The van der Waals surface area contributed by atoms with Gasteiger partial charge in [-0.3, -0.25) is 4.79 Å². The Balaban J connectivity index is 2.03. The van der Waals surface area contributed by atoms with Gasteiger partial charge in [0.1, 0.15) is 0 Å². The van der Waals surface area contributed by atoms with Crippen molar-refractivity contribution in [2.45, 2.75) is 32.1 Å². The number of nitrogens with two attached hydrogens (primary N) is 1. The molecule has 4 N–H and O–H groups in total. The van der Waals surface area contributed by atoms with E-state index in [0.29, 0.717) is 23.6 Å². The van der Waals surface area contributed by atoms with E-state index >= 15 is 0 Å². The number of anilines is 1. The van der Waals surface area contributed by atoms with Crippen LogP contribution in [0.5, 0.6) is 0 Å². The van der Waals surface area contributed by atoms with Crippen LogP contribution in [-0.4, -0.2) is 17.0 Å². The maximum Gasteiger partial charge on any atom is 0.224 e. The molecule has 19 heavy (non-hydrogen) atoms. The van der Waals surface area contributed by atoms with Gasteiger partial charge in [0.2, 0.25) is 5.91 Å². The molecule has 1 aliphatic carbocycles. The topological polar surface area (TPSA) is 87.7 Å². The number of oxime groups is 1. The molecule has 1 aromatic carbocycles. The van der Waals surface area contributed by atoms with Crippen molar-refractivity contribution >= 4 is 17.4 Å². The maximum atomic E-state index is 12.0. The summed E-state index contributed by atoms with van der Waals surface area (Å²) in [7, 11) is 0. The molecular weight excluding hydrogens is 242 g/mol. The molecule has 5 nitrogen and oxygen atoms in total. The van der Waals surface area contributed by atoms with E-state index < -0.39 is 0 Å². The molecule has 0 radical (unpaired) electrons. The summed E-state index contributed by atoms with van der Waals surface area (Å²) in [5, 5.41) is 14.5. The van der Waals surface area contributed by atoms with Crippen molar-refractivity contribution < 1.29 is 10.0 Å². The van der Waals surface area contributed by atoms with Crippen LogP contribution in [-0.2, 0) is 4.79 Å². The van der Waals surface area contributed by atoms with Gasteiger partial charge in [-0.25, -0.2) is 0 Å². The molecule has 0 atom stereocenters. The average molecular weight is 261 g/mol. The summed E-state index contributed by atoms with van der Waals surface area (Å²) >= 11 is 0. The van der Waals surface area contributed by atoms with Crippen LogP contribution < -0.4 is 11.1 Å². The Kier molecular flexibility index (Phi) is 4.39. The second-order valence-electron chi connectivity index (χ2n) is 4.93. The highest BCUT2D eigenvalue weighted by atomic mass is 16.4. The molecule has 0 heterocycles. The molecule has 1 aromatic rings. The Labute approximate surface area is 112 Å². The van der Waals surface area contributed by atoms with E-state index in [4.69, 9.17) is 10.9 Å². The first-order valence-electron chi connectivity index (χ1n) is 6.57. The number of amides is 1. The number of nitrogens with zero attached hydrogens (tertiary/aromatic N) is 1. The van der Waals surface area contributed by atoms with E-state index in [1.165, 1.54) is 12.8 Å². The molecule has 0 unspecified atom stereocenters. The first-order valence-corrected chi connectivity index (χ1v) is 6.57. The number of nitrogens with one attached hydrogen (secondary N) is 1. The summed E-state index contributed by atoms with van der Waals surface area (Å²) in [5.41, 5.74) is 6.70. The van der Waals surface area contributed by atoms with E-state index in [2.05, 4.69) is 10.5 Å². The van der Waals surface area contributed by atoms with Gasteiger partial charge in [0, 0.05) is 12.0 Å². The van der Waals surface area contributed by atoms with Gasteiger partial charge in [0.15, 0.2) is 5.84 Å². The molecule has 1 saturated carbocycles. The average Bonchev–Trinajstić information content (AvgIpc) is 2.91. The fraction of sp³-hybridized carbons (Fsp3) is 0.429. The third-order valence-electron chi connectivity index (χ3n) is 3.53. The molecule has 0 aromatic heterocycles. The minimum Gasteiger partial charge on any atom is -0.409 e. The number of hydrogen-bond acceptors (Lipinski definition) is 3. The Morgan fingerprint density at radius 1 is 1.37 bits per heavy atom. The molecule has 102 valence electrons. The summed E-state index contributed by atoms with van der Waals surface area (Å²) in [5.74, 6) is 0.484. The second kappa shape index (κ2) is 6.22. The minimum absolute atomic E-state index is 0.00299. The van der Waals surface area contributed by atoms with Crippen LogP contribution in [0.15, 0.2) is 29.4 Å². The molecular formula is C14H19N3O2. The fourth-order valence-corrected chi connectivity index (χ4v) is 2.55. The lowest BCUT2D eigenvalue weighted by molar-refractivity contribution is -0.117. The molecule has 5 heteroatoms. The van der Waals surface area contributed by atoms with E-state index in [1.807, 2.05) is 0 Å². The van der Waals surface area contributed by atoms with Crippen molar-refractivity contribution in [3.8, 4) is 0 Å². The summed E-state index contributed by atoms with van der Waals surface area (Å²) in [6.45, 7) is 0. The van der Waals surface area contributed by atoms with Gasteiger partial charge in [-0.05, 0) is 30.9 Å². The van der Waals surface area contributed by atoms with Crippen LogP contribution in [0.4, 0.5) is 5.69 Å². The van der Waals surface area contributed by atoms with Crippen molar-refractivity contribution in [3.05, 3.63) is 29.8 Å². The van der Waals surface area contributed by atoms with Crippen molar-refractivity contribution in [3.63, 3.8) is 0 Å². The predicted octanol–water partition coefficient (Wildman–Crippen LogP) is 2.30. The number of rotatable bonds is 4. The summed E-state index contributed by atoms with van der Waals surface area (Å²) in [4.78, 5) is 12.0. The van der Waals surface area contributed by atoms with Gasteiger partial charge < -0.3 is 16.3 Å². The SMILES string of the molecule is N/C(=N/O)c1ccccc1NC(=O)CC1CCCC1. The highest BCUT2D eigenvalue weighted by molar-refractivity contribution is 6.05. The standard InChI is InChI=1S/C14H19N3O2/c15-14(17-19)11-7-3-4-8-12(11)16-13(18)9-10-5-1-2-6-10/h3-4,7-8,10,19H,1-2,5-6,9H2,(H2,15,17)(H,16,18). The predicted molar refractivity (Wildman–Crippen MR) is 74.2 cm³/mol. The minimum atomic E-state index is -0.00918. The third-order valence-corrected chi connectivity index (χ3v) is 3.53. The Hall–Kier alpha value is -2.04. The normalized spacial score (nSPS) is 16.5. The zero-order valence-electron chi connectivity index (χ0n) is 10.8. The first kappa shape index (κ1) is 13.4. The van der Waals surface area contributed by atoms with Crippen molar-refractivity contribution in [2.75, 3.05) is 5.32 Å². The van der Waals surface area contributed by atoms with Crippen LogP contribution in [0.2, 0.25) is 0 Å². The number of hydrogen-bond donors (Lipinski definition) is 3. The number of para-hydroxylation sites is 1. The van der Waals surface area contributed by atoms with E-state index in [9.17, 15) is 4.79 Å². The van der Waals surface area contributed by atoms with Crippen LogP contribution in [0.25, 0.3) is 0 Å². The van der Waals surface area contributed by atoms with Gasteiger partial charge in [-0.1, -0.05) is 30.1 Å². The highest BCUT2D eigenvalue weighted by Crippen LogP contribution is 2.28. The zero-order chi connectivity index (χ0) is 13.7. The number of amidine groups is 1. The number of carbonyl (C=O) groups is 1. The van der Waals surface area contributed by atoms with Gasteiger partial charge in [0.05, 0.1) is 5.69 Å². The van der Waals surface area contributed by atoms with Gasteiger partial charge >= 0.3 is 0 Å². The van der Waals surface area contributed by atoms with Crippen LogP contribution in [0, 0.1) is 5.92 Å². The molecule has 1 aliphatic rings. The lowest BCUT2D eigenvalue weighted by Gasteiger charge is -2.12. The second-order valence-corrected chi connectivity index (χ2v) is 4.93. The van der Waals surface area contributed by atoms with Gasteiger partial charge in [-0.2, -0.15) is 0 Å². The monoisotopic (exact) mass is 261 g/mol. The molecule has 0 bridgehead atoms. The van der Waals surface area contributed by atoms with Gasteiger partial charge in [-0.15, -0.1) is 0 Å². The van der Waals surface area contributed by atoms with Crippen molar-refractivity contribution in [1.29, 1.82) is 0 Å². The smallest absolute Gasteiger partial charge is 0.224 e. The number of carbonyl (C=O) groups excluding carboxylic acids is 1. The fourth-order valence-electron chi connectivity index (χ4n) is 2.55. The lowest BCUT2D eigenvalue weighted by atomic mass is 10.0. The van der Waals surface area contributed by atoms with Crippen LogP contribution in [0.3, 0.4) is 0 Å². The summed E-state index contributed by atoms with van der Waals surface area (Å²) < 4.78 is 0. The van der Waals surface area contributed by atoms with Crippen LogP contribution in [0.1, 0.15) is 37.7 Å². The van der Waals surface area contributed by atoms with Gasteiger partial charge in [0.25, 0.3) is 0 Å². The highest BCUT2D eigenvalue weighted by Gasteiger charge is 2.19. The summed E-state index contributed by atoms with van der Waals surface area (Å²) in [6.07, 6.45) is 5.26. The molecule has 0 spiro atoms. The quantitative estimate of drug-likeness (QED) is 0.336. The summed E-state index contributed by atoms with van der Waals surface area (Å²) in [6, 6.07) is 7.04. The molecule has 0 saturated heterocycles. The van der Waals surface area contributed by atoms with Crippen LogP contribution >= 0.6 is 0 Å². The lowest BCUT2D eigenvalue weighted by Crippen LogP contribution is -2.20. The zero-order valence-corrected chi connectivity index (χ0v) is 10.8. The third kappa shape index (κ3) is 3.47. The first-order chi connectivity index (χ1) is 9.20. The Morgan fingerprint density at radius 2 is 2.05 bits per heavy atom. The molecule has 1 amide bonds. The molecule has 1 fully saturated rings. The largest absolute Gasteiger partial charge is 0.409 e. The van der Waals surface area contributed by atoms with Crippen molar-refractivity contribution in [1.82, 2.24) is 0 Å². The Bertz CT molecular complexity index is 479. The van der Waals surface area contributed by atoms with E-state index in [0.717, 1.165) is 12.8 Å². The molecule has 2 rings (SSSR count). The van der Waals surface area contributed by atoms with E-state index in [-0.39, 0.29) is 11.7 Å². The Morgan fingerprint density at radius 3 is 2.74 bits per heavy atom.